The average Bonchev–Trinajstić information content (AvgIpc) is 2.58. The number of benzene rings is 3. The van der Waals surface area contributed by atoms with Gasteiger partial charge in [0, 0.05) is 5.56 Å². The van der Waals surface area contributed by atoms with Gasteiger partial charge in [0.15, 0.2) is 0 Å². The topological polar surface area (TPSA) is 35.2 Å². The van der Waals surface area contributed by atoms with E-state index in [0.717, 1.165) is 16.9 Å². The molecule has 0 unspecified atom stereocenters. The van der Waals surface area contributed by atoms with Gasteiger partial charge in [-0.25, -0.2) is 4.39 Å². The average molecular weight is 328 g/mol. The Bertz CT molecular complexity index is 804. The van der Waals surface area contributed by atoms with E-state index in [9.17, 15) is 4.39 Å². The molecule has 2 N–H and O–H groups in total. The van der Waals surface area contributed by atoms with Crippen LogP contribution < -0.4 is 10.5 Å². The molecule has 23 heavy (non-hydrogen) atoms. The minimum Gasteiger partial charge on any atom is -0.489 e. The molecule has 3 aromatic carbocycles. The summed E-state index contributed by atoms with van der Waals surface area (Å²) >= 11 is 5.97. The van der Waals surface area contributed by atoms with Gasteiger partial charge in [-0.2, -0.15) is 0 Å². The number of hydrogen-bond acceptors (Lipinski definition) is 2. The van der Waals surface area contributed by atoms with Gasteiger partial charge in [0.2, 0.25) is 0 Å². The molecule has 0 aliphatic rings. The van der Waals surface area contributed by atoms with Crippen LogP contribution in [-0.4, -0.2) is 0 Å². The molecule has 0 heterocycles. The van der Waals surface area contributed by atoms with Crippen molar-refractivity contribution in [3.8, 4) is 16.9 Å². The number of ether oxygens (including phenoxy) is 1. The molecule has 0 aliphatic heterocycles. The lowest BCUT2D eigenvalue weighted by molar-refractivity contribution is 0.306. The summed E-state index contributed by atoms with van der Waals surface area (Å²) in [5, 5.41) is 0.339. The van der Waals surface area contributed by atoms with Crippen molar-refractivity contribution < 1.29 is 9.13 Å². The monoisotopic (exact) mass is 327 g/mol. The van der Waals surface area contributed by atoms with Gasteiger partial charge < -0.3 is 10.5 Å². The molecule has 0 atom stereocenters. The van der Waals surface area contributed by atoms with E-state index in [-0.39, 0.29) is 5.69 Å². The normalized spacial score (nSPS) is 10.5. The fourth-order valence-electron chi connectivity index (χ4n) is 2.26. The van der Waals surface area contributed by atoms with Crippen LogP contribution >= 0.6 is 11.6 Å². The van der Waals surface area contributed by atoms with E-state index in [2.05, 4.69) is 0 Å². The first-order valence-corrected chi connectivity index (χ1v) is 7.53. The van der Waals surface area contributed by atoms with E-state index < -0.39 is 5.82 Å². The van der Waals surface area contributed by atoms with Crippen molar-refractivity contribution in [2.45, 2.75) is 6.61 Å². The highest BCUT2D eigenvalue weighted by Crippen LogP contribution is 2.31. The van der Waals surface area contributed by atoms with Crippen molar-refractivity contribution in [1.29, 1.82) is 0 Å². The summed E-state index contributed by atoms with van der Waals surface area (Å²) in [5.74, 6) is 0.324. The lowest BCUT2D eigenvalue weighted by Gasteiger charge is -2.09. The summed E-state index contributed by atoms with van der Waals surface area (Å²) in [6.07, 6.45) is 0. The van der Waals surface area contributed by atoms with Crippen LogP contribution in [0.5, 0.6) is 5.75 Å². The zero-order valence-corrected chi connectivity index (χ0v) is 13.1. The van der Waals surface area contributed by atoms with Crippen LogP contribution in [0.3, 0.4) is 0 Å². The number of halogens is 2. The molecule has 3 rings (SSSR count). The zero-order chi connectivity index (χ0) is 16.2. The van der Waals surface area contributed by atoms with Gasteiger partial charge >= 0.3 is 0 Å². The number of nitrogen functional groups attached to an aromatic ring is 1. The molecule has 0 saturated carbocycles. The van der Waals surface area contributed by atoms with Crippen molar-refractivity contribution in [3.05, 3.63) is 83.1 Å². The van der Waals surface area contributed by atoms with Crippen LogP contribution in [0, 0.1) is 5.82 Å². The molecule has 0 aromatic heterocycles. The van der Waals surface area contributed by atoms with Gasteiger partial charge in [0.05, 0.1) is 10.7 Å². The minimum absolute atomic E-state index is 0.232. The smallest absolute Gasteiger partial charge is 0.133 e. The standard InChI is InChI=1S/C19H15ClFNO/c20-17-10-16(18(21)11-19(17)22)14-6-8-15(9-7-14)23-12-13-4-2-1-3-5-13/h1-11H,12,22H2. The van der Waals surface area contributed by atoms with Crippen molar-refractivity contribution in [1.82, 2.24) is 0 Å². The van der Waals surface area contributed by atoms with E-state index in [4.69, 9.17) is 22.1 Å². The molecule has 4 heteroatoms. The molecule has 116 valence electrons. The zero-order valence-electron chi connectivity index (χ0n) is 12.3. The van der Waals surface area contributed by atoms with Gasteiger partial charge in [-0.3, -0.25) is 0 Å². The van der Waals surface area contributed by atoms with Crippen molar-refractivity contribution in [2.75, 3.05) is 5.73 Å². The van der Waals surface area contributed by atoms with Crippen LogP contribution in [-0.2, 0) is 6.61 Å². The Labute approximate surface area is 139 Å². The van der Waals surface area contributed by atoms with Crippen LogP contribution in [0.4, 0.5) is 10.1 Å². The summed E-state index contributed by atoms with van der Waals surface area (Å²) in [6, 6.07) is 19.9. The third kappa shape index (κ3) is 3.63. The predicted octanol–water partition coefficient (Wildman–Crippen LogP) is 5.31. The molecular weight excluding hydrogens is 313 g/mol. The van der Waals surface area contributed by atoms with Gasteiger partial charge in [-0.1, -0.05) is 54.1 Å². The van der Waals surface area contributed by atoms with Gasteiger partial charge in [-0.05, 0) is 35.4 Å². The molecule has 0 amide bonds. The molecule has 3 aromatic rings. The minimum atomic E-state index is -0.398. The maximum Gasteiger partial charge on any atom is 0.133 e. The van der Waals surface area contributed by atoms with Crippen LogP contribution in [0.25, 0.3) is 11.1 Å². The molecule has 0 aliphatic carbocycles. The highest BCUT2D eigenvalue weighted by atomic mass is 35.5. The molecule has 0 spiro atoms. The van der Waals surface area contributed by atoms with E-state index in [1.54, 1.807) is 12.1 Å². The van der Waals surface area contributed by atoms with Gasteiger partial charge in [-0.15, -0.1) is 0 Å². The summed E-state index contributed by atoms with van der Waals surface area (Å²) in [6.45, 7) is 0.488. The fraction of sp³-hybridized carbons (Fsp3) is 0.0526. The Kier molecular flexibility index (Phi) is 4.49. The van der Waals surface area contributed by atoms with E-state index in [1.807, 2.05) is 42.5 Å². The predicted molar refractivity (Wildman–Crippen MR) is 92.0 cm³/mol. The fourth-order valence-corrected chi connectivity index (χ4v) is 2.42. The Hall–Kier alpha value is -2.52. The largest absolute Gasteiger partial charge is 0.489 e. The first kappa shape index (κ1) is 15.4. The second-order valence-electron chi connectivity index (χ2n) is 5.15. The van der Waals surface area contributed by atoms with E-state index in [1.165, 1.54) is 12.1 Å². The maximum atomic E-state index is 14.0. The first-order chi connectivity index (χ1) is 11.1. The lowest BCUT2D eigenvalue weighted by atomic mass is 10.0. The van der Waals surface area contributed by atoms with Crippen molar-refractivity contribution in [2.24, 2.45) is 0 Å². The van der Waals surface area contributed by atoms with E-state index >= 15 is 0 Å². The molecular formula is C19H15ClFNO. The van der Waals surface area contributed by atoms with Crippen LogP contribution in [0.15, 0.2) is 66.7 Å². The van der Waals surface area contributed by atoms with Crippen LogP contribution in [0.1, 0.15) is 5.56 Å². The van der Waals surface area contributed by atoms with Crippen molar-refractivity contribution >= 4 is 17.3 Å². The molecule has 0 fully saturated rings. The third-order valence-corrected chi connectivity index (χ3v) is 3.83. The Morgan fingerprint density at radius 3 is 2.35 bits per heavy atom. The van der Waals surface area contributed by atoms with Gasteiger partial charge in [0.25, 0.3) is 0 Å². The maximum absolute atomic E-state index is 14.0. The Morgan fingerprint density at radius 2 is 1.65 bits per heavy atom. The molecule has 0 bridgehead atoms. The number of nitrogens with two attached hydrogens (primary N) is 1. The number of hydrogen-bond donors (Lipinski definition) is 1. The number of rotatable bonds is 4. The van der Waals surface area contributed by atoms with Gasteiger partial charge in [0.1, 0.15) is 18.2 Å². The van der Waals surface area contributed by atoms with Crippen molar-refractivity contribution in [3.63, 3.8) is 0 Å². The molecule has 2 nitrogen and oxygen atoms in total. The first-order valence-electron chi connectivity index (χ1n) is 7.15. The highest BCUT2D eigenvalue weighted by Gasteiger charge is 2.09. The highest BCUT2D eigenvalue weighted by molar-refractivity contribution is 6.33. The summed E-state index contributed by atoms with van der Waals surface area (Å²) in [4.78, 5) is 0. The Balaban J connectivity index is 1.76. The summed E-state index contributed by atoms with van der Waals surface area (Å²) in [7, 11) is 0. The second kappa shape index (κ2) is 6.71. The Morgan fingerprint density at radius 1 is 0.957 bits per heavy atom. The third-order valence-electron chi connectivity index (χ3n) is 3.50. The molecule has 0 saturated heterocycles. The van der Waals surface area contributed by atoms with E-state index in [0.29, 0.717) is 17.2 Å². The summed E-state index contributed by atoms with van der Waals surface area (Å²) in [5.41, 5.74) is 8.05. The second-order valence-corrected chi connectivity index (χ2v) is 5.56. The summed E-state index contributed by atoms with van der Waals surface area (Å²) < 4.78 is 19.7. The van der Waals surface area contributed by atoms with Crippen LogP contribution in [0.2, 0.25) is 5.02 Å². The lowest BCUT2D eigenvalue weighted by Crippen LogP contribution is -1.95. The SMILES string of the molecule is Nc1cc(F)c(-c2ccc(OCc3ccccc3)cc2)cc1Cl. The molecule has 0 radical (unpaired) electrons. The quantitative estimate of drug-likeness (QED) is 0.659. The number of anilines is 1.